The first kappa shape index (κ1) is 8.21. The van der Waals surface area contributed by atoms with E-state index in [0.29, 0.717) is 0 Å². The van der Waals surface area contributed by atoms with Crippen molar-refractivity contribution in [3.8, 4) is 0 Å². The van der Waals surface area contributed by atoms with Crippen LogP contribution in [0.3, 0.4) is 0 Å². The van der Waals surface area contributed by atoms with Crippen molar-refractivity contribution in [3.63, 3.8) is 0 Å². The van der Waals surface area contributed by atoms with Gasteiger partial charge in [-0.1, -0.05) is 12.1 Å². The Kier molecular flexibility index (Phi) is 2.60. The SMILES string of the molecule is CN(C)[CH]c1ccc(F)cc1. The maximum atomic E-state index is 12.4. The molecule has 0 atom stereocenters. The Balaban J connectivity index is 2.66. The second-order valence-corrected chi connectivity index (χ2v) is 2.64. The molecule has 0 saturated heterocycles. The second kappa shape index (κ2) is 3.49. The van der Waals surface area contributed by atoms with Gasteiger partial charge < -0.3 is 4.90 Å². The first-order chi connectivity index (χ1) is 5.18. The van der Waals surface area contributed by atoms with E-state index in [1.807, 2.05) is 25.5 Å². The molecule has 0 saturated carbocycles. The molecule has 1 aromatic carbocycles. The molecule has 0 unspecified atom stereocenters. The molecule has 0 aliphatic heterocycles. The van der Waals surface area contributed by atoms with Gasteiger partial charge in [0.15, 0.2) is 0 Å². The Morgan fingerprint density at radius 2 is 1.73 bits per heavy atom. The number of rotatable bonds is 2. The number of hydrogen-bond donors (Lipinski definition) is 0. The van der Waals surface area contributed by atoms with E-state index in [2.05, 4.69) is 0 Å². The molecule has 59 valence electrons. The van der Waals surface area contributed by atoms with E-state index >= 15 is 0 Å². The molecule has 1 aromatic rings. The predicted molar refractivity (Wildman–Crippen MR) is 43.5 cm³/mol. The summed E-state index contributed by atoms with van der Waals surface area (Å²) in [6.07, 6.45) is 0. The van der Waals surface area contributed by atoms with E-state index in [4.69, 9.17) is 0 Å². The maximum Gasteiger partial charge on any atom is 0.123 e. The molecule has 0 amide bonds. The van der Waals surface area contributed by atoms with Gasteiger partial charge in [-0.2, -0.15) is 0 Å². The quantitative estimate of drug-likeness (QED) is 0.625. The van der Waals surface area contributed by atoms with Gasteiger partial charge in [0.1, 0.15) is 5.82 Å². The lowest BCUT2D eigenvalue weighted by Gasteiger charge is -2.07. The van der Waals surface area contributed by atoms with Crippen LogP contribution in [-0.4, -0.2) is 19.0 Å². The van der Waals surface area contributed by atoms with Crippen LogP contribution in [-0.2, 0) is 0 Å². The third kappa shape index (κ3) is 2.68. The lowest BCUT2D eigenvalue weighted by Crippen LogP contribution is -2.07. The molecular weight excluding hydrogens is 141 g/mol. The van der Waals surface area contributed by atoms with E-state index in [0.717, 1.165) is 5.56 Å². The van der Waals surface area contributed by atoms with Crippen molar-refractivity contribution in [1.29, 1.82) is 0 Å². The van der Waals surface area contributed by atoms with Crippen molar-refractivity contribution >= 4 is 0 Å². The van der Waals surface area contributed by atoms with Crippen LogP contribution in [0.5, 0.6) is 0 Å². The Morgan fingerprint density at radius 1 is 1.18 bits per heavy atom. The third-order valence-electron chi connectivity index (χ3n) is 1.28. The minimum Gasteiger partial charge on any atom is -0.301 e. The standard InChI is InChI=1S/C9H11FN/c1-11(2)7-8-3-5-9(10)6-4-8/h3-7H,1-2H3. The smallest absolute Gasteiger partial charge is 0.123 e. The zero-order valence-corrected chi connectivity index (χ0v) is 6.71. The fraction of sp³-hybridized carbons (Fsp3) is 0.222. The van der Waals surface area contributed by atoms with Gasteiger partial charge in [-0.25, -0.2) is 4.39 Å². The summed E-state index contributed by atoms with van der Waals surface area (Å²) in [5.41, 5.74) is 1.01. The molecule has 2 heteroatoms. The van der Waals surface area contributed by atoms with Gasteiger partial charge in [0.25, 0.3) is 0 Å². The lowest BCUT2D eigenvalue weighted by atomic mass is 10.2. The van der Waals surface area contributed by atoms with E-state index in [1.165, 1.54) is 12.1 Å². The van der Waals surface area contributed by atoms with Crippen molar-refractivity contribution in [2.24, 2.45) is 0 Å². The highest BCUT2D eigenvalue weighted by Crippen LogP contribution is 2.05. The van der Waals surface area contributed by atoms with Gasteiger partial charge >= 0.3 is 0 Å². The van der Waals surface area contributed by atoms with Gasteiger partial charge in [-0.05, 0) is 31.8 Å². The van der Waals surface area contributed by atoms with E-state index in [9.17, 15) is 4.39 Å². The molecule has 0 spiro atoms. The normalized spacial score (nSPS) is 10.5. The van der Waals surface area contributed by atoms with E-state index in [1.54, 1.807) is 12.1 Å². The van der Waals surface area contributed by atoms with Crippen LogP contribution >= 0.6 is 0 Å². The van der Waals surface area contributed by atoms with Gasteiger partial charge in [0.2, 0.25) is 0 Å². The molecular formula is C9H11FN. The van der Waals surface area contributed by atoms with Crippen molar-refractivity contribution in [2.75, 3.05) is 14.1 Å². The average Bonchev–Trinajstić information content (AvgIpc) is 1.93. The molecule has 1 rings (SSSR count). The molecule has 0 N–H and O–H groups in total. The maximum absolute atomic E-state index is 12.4. The second-order valence-electron chi connectivity index (χ2n) is 2.64. The van der Waals surface area contributed by atoms with Gasteiger partial charge in [0.05, 0.1) is 6.54 Å². The lowest BCUT2D eigenvalue weighted by molar-refractivity contribution is 0.515. The van der Waals surface area contributed by atoms with Crippen LogP contribution in [0.25, 0.3) is 0 Å². The first-order valence-corrected chi connectivity index (χ1v) is 3.45. The zero-order chi connectivity index (χ0) is 8.27. The largest absolute Gasteiger partial charge is 0.301 e. The average molecular weight is 152 g/mol. The van der Waals surface area contributed by atoms with Crippen LogP contribution in [0.2, 0.25) is 0 Å². The summed E-state index contributed by atoms with van der Waals surface area (Å²) in [6.45, 7) is 1.93. The molecule has 1 radical (unpaired) electrons. The zero-order valence-electron chi connectivity index (χ0n) is 6.71. The number of hydrogen-bond acceptors (Lipinski definition) is 1. The fourth-order valence-electron chi connectivity index (χ4n) is 0.847. The van der Waals surface area contributed by atoms with Crippen molar-refractivity contribution in [3.05, 3.63) is 42.2 Å². The Hall–Kier alpha value is -0.890. The van der Waals surface area contributed by atoms with E-state index < -0.39 is 0 Å². The van der Waals surface area contributed by atoms with Gasteiger partial charge in [-0.15, -0.1) is 0 Å². The summed E-state index contributed by atoms with van der Waals surface area (Å²) in [6, 6.07) is 6.40. The summed E-state index contributed by atoms with van der Waals surface area (Å²) in [7, 11) is 3.87. The molecule has 0 aliphatic rings. The summed E-state index contributed by atoms with van der Waals surface area (Å²) in [5, 5.41) is 0. The van der Waals surface area contributed by atoms with Gasteiger partial charge in [-0.3, -0.25) is 0 Å². The fourth-order valence-corrected chi connectivity index (χ4v) is 0.847. The molecule has 0 aromatic heterocycles. The Labute approximate surface area is 66.5 Å². The highest BCUT2D eigenvalue weighted by Gasteiger charge is 1.94. The predicted octanol–water partition coefficient (Wildman–Crippen LogP) is 1.90. The highest BCUT2D eigenvalue weighted by atomic mass is 19.1. The molecule has 0 bridgehead atoms. The minimum atomic E-state index is -0.194. The molecule has 0 aliphatic carbocycles. The minimum absolute atomic E-state index is 0.194. The van der Waals surface area contributed by atoms with Crippen LogP contribution in [0.1, 0.15) is 5.56 Å². The summed E-state index contributed by atoms with van der Waals surface area (Å²) < 4.78 is 12.4. The van der Waals surface area contributed by atoms with Crippen molar-refractivity contribution in [2.45, 2.75) is 0 Å². The number of benzene rings is 1. The summed E-state index contributed by atoms with van der Waals surface area (Å²) in [5.74, 6) is -0.194. The van der Waals surface area contributed by atoms with Gasteiger partial charge in [0, 0.05) is 0 Å². The molecule has 0 heterocycles. The Morgan fingerprint density at radius 3 is 2.18 bits per heavy atom. The monoisotopic (exact) mass is 152 g/mol. The first-order valence-electron chi connectivity index (χ1n) is 3.45. The topological polar surface area (TPSA) is 3.24 Å². The van der Waals surface area contributed by atoms with E-state index in [-0.39, 0.29) is 5.82 Å². The number of halogens is 1. The van der Waals surface area contributed by atoms with Crippen LogP contribution < -0.4 is 0 Å². The molecule has 11 heavy (non-hydrogen) atoms. The number of nitrogens with zero attached hydrogens (tertiary/aromatic N) is 1. The Bertz CT molecular complexity index is 216. The molecule has 1 nitrogen and oxygen atoms in total. The summed E-state index contributed by atoms with van der Waals surface area (Å²) in [4.78, 5) is 1.92. The summed E-state index contributed by atoms with van der Waals surface area (Å²) >= 11 is 0. The van der Waals surface area contributed by atoms with Crippen molar-refractivity contribution < 1.29 is 4.39 Å². The van der Waals surface area contributed by atoms with Crippen LogP contribution in [0.15, 0.2) is 24.3 Å². The third-order valence-corrected chi connectivity index (χ3v) is 1.28. The highest BCUT2D eigenvalue weighted by molar-refractivity contribution is 5.22. The van der Waals surface area contributed by atoms with Crippen molar-refractivity contribution in [1.82, 2.24) is 4.90 Å². The van der Waals surface area contributed by atoms with Crippen LogP contribution in [0, 0.1) is 12.4 Å². The molecule has 0 fully saturated rings. The van der Waals surface area contributed by atoms with Crippen LogP contribution in [0.4, 0.5) is 4.39 Å².